The molecule has 6 heteroatoms. The molecule has 0 N–H and O–H groups in total. The molecule has 84 valence electrons. The topological polar surface area (TPSA) is 55.2 Å². The summed E-state index contributed by atoms with van der Waals surface area (Å²) in [5, 5.41) is 0. The van der Waals surface area contributed by atoms with Crippen LogP contribution >= 0.6 is 0 Å². The van der Waals surface area contributed by atoms with Gasteiger partial charge in [-0.2, -0.15) is 12.7 Å². The Labute approximate surface area is 89.9 Å². The highest BCUT2D eigenvalue weighted by molar-refractivity contribution is 7.87. The molecule has 0 aliphatic carbocycles. The fourth-order valence-electron chi connectivity index (χ4n) is 2.03. The van der Waals surface area contributed by atoms with E-state index in [1.807, 2.05) is 6.92 Å². The molecule has 1 aliphatic heterocycles. The lowest BCUT2D eigenvalue weighted by Crippen LogP contribution is -2.38. The summed E-state index contributed by atoms with van der Waals surface area (Å²) in [7, 11) is -3.37. The molecule has 2 heterocycles. The van der Waals surface area contributed by atoms with E-state index in [1.54, 1.807) is 4.31 Å². The second-order valence-corrected chi connectivity index (χ2v) is 5.50. The third-order valence-corrected chi connectivity index (χ3v) is 4.66. The van der Waals surface area contributed by atoms with E-state index in [9.17, 15) is 8.42 Å². The number of hydrogen-bond acceptors (Lipinski definition) is 3. The van der Waals surface area contributed by atoms with Crippen LogP contribution in [0, 0.1) is 0 Å². The molecule has 0 spiro atoms. The van der Waals surface area contributed by atoms with Gasteiger partial charge in [0.2, 0.25) is 0 Å². The van der Waals surface area contributed by atoms with Crippen LogP contribution in [0.4, 0.5) is 0 Å². The van der Waals surface area contributed by atoms with Crippen LogP contribution in [0.5, 0.6) is 0 Å². The molecule has 1 aliphatic rings. The van der Waals surface area contributed by atoms with E-state index in [4.69, 9.17) is 0 Å². The predicted octanol–water partition coefficient (Wildman–Crippen LogP) is 0.850. The minimum absolute atomic E-state index is 0.150. The highest BCUT2D eigenvalue weighted by Gasteiger charge is 2.33. The average molecular weight is 229 g/mol. The molecule has 0 amide bonds. The van der Waals surface area contributed by atoms with Crippen molar-refractivity contribution >= 4 is 10.2 Å². The highest BCUT2D eigenvalue weighted by atomic mass is 32.2. The van der Waals surface area contributed by atoms with Gasteiger partial charge in [-0.25, -0.2) is 8.96 Å². The van der Waals surface area contributed by atoms with Crippen molar-refractivity contribution in [3.63, 3.8) is 0 Å². The van der Waals surface area contributed by atoms with Gasteiger partial charge in [-0.3, -0.25) is 0 Å². The van der Waals surface area contributed by atoms with Crippen LogP contribution in [-0.4, -0.2) is 34.3 Å². The zero-order valence-corrected chi connectivity index (χ0v) is 9.52. The third kappa shape index (κ3) is 1.79. The Morgan fingerprint density at radius 2 is 2.33 bits per heavy atom. The van der Waals surface area contributed by atoms with Gasteiger partial charge in [0.25, 0.3) is 0 Å². The van der Waals surface area contributed by atoms with Crippen molar-refractivity contribution in [3.8, 4) is 0 Å². The number of hydrogen-bond donors (Lipinski definition) is 0. The second-order valence-electron chi connectivity index (χ2n) is 3.72. The van der Waals surface area contributed by atoms with Crippen molar-refractivity contribution in [1.82, 2.24) is 13.3 Å². The minimum Gasteiger partial charge on any atom is -0.244 e. The number of nitrogens with zero attached hydrogens (tertiary/aromatic N) is 3. The molecule has 0 radical (unpaired) electrons. The molecule has 0 bridgehead atoms. The fraction of sp³-hybridized carbons (Fsp3) is 0.667. The highest BCUT2D eigenvalue weighted by Crippen LogP contribution is 2.23. The molecule has 1 saturated heterocycles. The van der Waals surface area contributed by atoms with Crippen LogP contribution in [-0.2, 0) is 10.2 Å². The van der Waals surface area contributed by atoms with Crippen molar-refractivity contribution in [2.24, 2.45) is 0 Å². The summed E-state index contributed by atoms with van der Waals surface area (Å²) in [4.78, 5) is 3.77. The van der Waals surface area contributed by atoms with Gasteiger partial charge in [0.05, 0.1) is 0 Å². The molecule has 15 heavy (non-hydrogen) atoms. The number of imidazole rings is 1. The molecule has 5 nitrogen and oxygen atoms in total. The molecule has 1 fully saturated rings. The Balaban J connectivity index is 2.30. The average Bonchev–Trinajstić information content (AvgIpc) is 2.89. The van der Waals surface area contributed by atoms with E-state index in [0.29, 0.717) is 6.54 Å². The zero-order chi connectivity index (χ0) is 10.9. The number of aromatic nitrogens is 2. The summed E-state index contributed by atoms with van der Waals surface area (Å²) in [5.74, 6) is 0. The molecule has 1 unspecified atom stereocenters. The molecular weight excluding hydrogens is 214 g/mol. The maximum absolute atomic E-state index is 12.1. The zero-order valence-electron chi connectivity index (χ0n) is 8.70. The van der Waals surface area contributed by atoms with E-state index in [-0.39, 0.29) is 6.04 Å². The summed E-state index contributed by atoms with van der Waals surface area (Å²) in [6.45, 7) is 2.64. The van der Waals surface area contributed by atoms with Gasteiger partial charge in [0, 0.05) is 25.0 Å². The van der Waals surface area contributed by atoms with Crippen molar-refractivity contribution in [2.45, 2.75) is 32.2 Å². The molecule has 0 aromatic carbocycles. The lowest BCUT2D eigenvalue weighted by atomic mass is 10.2. The molecule has 2 rings (SSSR count). The first-order chi connectivity index (χ1) is 7.16. The van der Waals surface area contributed by atoms with Crippen molar-refractivity contribution in [3.05, 3.63) is 18.7 Å². The van der Waals surface area contributed by atoms with Gasteiger partial charge in [0.15, 0.2) is 0 Å². The Morgan fingerprint density at radius 1 is 1.53 bits per heavy atom. The minimum atomic E-state index is -3.37. The van der Waals surface area contributed by atoms with Crippen molar-refractivity contribution < 1.29 is 8.42 Å². The maximum Gasteiger partial charge on any atom is 0.308 e. The Morgan fingerprint density at radius 3 is 2.93 bits per heavy atom. The monoisotopic (exact) mass is 229 g/mol. The van der Waals surface area contributed by atoms with Crippen LogP contribution in [0.15, 0.2) is 18.7 Å². The quantitative estimate of drug-likeness (QED) is 0.772. The Bertz CT molecular complexity index is 413. The Kier molecular flexibility index (Phi) is 2.79. The van der Waals surface area contributed by atoms with Crippen LogP contribution in [0.1, 0.15) is 26.2 Å². The Hall–Kier alpha value is -0.880. The second kappa shape index (κ2) is 3.94. The molecule has 1 atom stereocenters. The van der Waals surface area contributed by atoms with E-state index in [0.717, 1.165) is 19.3 Å². The summed E-state index contributed by atoms with van der Waals surface area (Å²) in [6.07, 6.45) is 7.07. The standard InChI is InChI=1S/C9H15N3O2S/c1-2-9-4-3-6-12(9)15(13,14)11-7-5-10-8-11/h5,7-9H,2-4,6H2,1H3. The SMILES string of the molecule is CCC1CCCN1S(=O)(=O)n1ccnc1. The van der Waals surface area contributed by atoms with Gasteiger partial charge in [0.1, 0.15) is 6.33 Å². The first-order valence-corrected chi connectivity index (χ1v) is 6.56. The lowest BCUT2D eigenvalue weighted by Gasteiger charge is -2.22. The fourth-order valence-corrected chi connectivity index (χ4v) is 3.64. The van der Waals surface area contributed by atoms with E-state index in [1.165, 1.54) is 22.7 Å². The third-order valence-electron chi connectivity index (χ3n) is 2.84. The first kappa shape index (κ1) is 10.6. The van der Waals surface area contributed by atoms with Crippen LogP contribution in [0.3, 0.4) is 0 Å². The van der Waals surface area contributed by atoms with Gasteiger partial charge < -0.3 is 0 Å². The molecule has 0 saturated carbocycles. The first-order valence-electron chi connectivity index (χ1n) is 5.16. The summed E-state index contributed by atoms with van der Waals surface area (Å²) in [5.41, 5.74) is 0. The van der Waals surface area contributed by atoms with E-state index < -0.39 is 10.2 Å². The smallest absolute Gasteiger partial charge is 0.244 e. The summed E-state index contributed by atoms with van der Waals surface area (Å²) >= 11 is 0. The van der Waals surface area contributed by atoms with Crippen LogP contribution in [0.25, 0.3) is 0 Å². The van der Waals surface area contributed by atoms with Gasteiger partial charge in [-0.05, 0) is 19.3 Å². The molecule has 1 aromatic rings. The van der Waals surface area contributed by atoms with E-state index in [2.05, 4.69) is 4.98 Å². The van der Waals surface area contributed by atoms with Crippen LogP contribution < -0.4 is 0 Å². The molecule has 1 aromatic heterocycles. The largest absolute Gasteiger partial charge is 0.308 e. The molecular formula is C9H15N3O2S. The van der Waals surface area contributed by atoms with Gasteiger partial charge in [-0.1, -0.05) is 6.92 Å². The van der Waals surface area contributed by atoms with Crippen LogP contribution in [0.2, 0.25) is 0 Å². The summed E-state index contributed by atoms with van der Waals surface area (Å²) < 4.78 is 27.0. The normalized spacial score (nSPS) is 23.4. The number of rotatable bonds is 3. The summed E-state index contributed by atoms with van der Waals surface area (Å²) in [6, 6.07) is 0.150. The maximum atomic E-state index is 12.1. The van der Waals surface area contributed by atoms with Gasteiger partial charge >= 0.3 is 10.2 Å². The van der Waals surface area contributed by atoms with E-state index >= 15 is 0 Å². The van der Waals surface area contributed by atoms with Gasteiger partial charge in [-0.15, -0.1) is 0 Å². The lowest BCUT2D eigenvalue weighted by molar-refractivity contribution is 0.375. The van der Waals surface area contributed by atoms with Crippen molar-refractivity contribution in [2.75, 3.05) is 6.54 Å². The van der Waals surface area contributed by atoms with Crippen molar-refractivity contribution in [1.29, 1.82) is 0 Å². The predicted molar refractivity (Wildman–Crippen MR) is 56.6 cm³/mol.